The lowest BCUT2D eigenvalue weighted by Crippen LogP contribution is -2.35. The van der Waals surface area contributed by atoms with Crippen molar-refractivity contribution in [3.05, 3.63) is 0 Å². The highest BCUT2D eigenvalue weighted by Crippen LogP contribution is 2.08. The van der Waals surface area contributed by atoms with Crippen LogP contribution in [0.5, 0.6) is 0 Å². The fourth-order valence-corrected chi connectivity index (χ4v) is 1.91. The Balaban J connectivity index is 2.06. The summed E-state index contributed by atoms with van der Waals surface area (Å²) >= 11 is 0. The van der Waals surface area contributed by atoms with E-state index in [-0.39, 0.29) is 5.91 Å². The third kappa shape index (κ3) is 4.62. The van der Waals surface area contributed by atoms with Gasteiger partial charge in [0.25, 0.3) is 0 Å². The van der Waals surface area contributed by atoms with E-state index in [1.54, 1.807) is 6.92 Å². The van der Waals surface area contributed by atoms with Crippen molar-refractivity contribution in [1.82, 2.24) is 15.1 Å². The van der Waals surface area contributed by atoms with Gasteiger partial charge in [0.2, 0.25) is 5.91 Å². The molecule has 88 valence electrons. The summed E-state index contributed by atoms with van der Waals surface area (Å²) in [7, 11) is 4.18. The molecule has 0 aromatic heterocycles. The van der Waals surface area contributed by atoms with Gasteiger partial charge >= 0.3 is 0 Å². The summed E-state index contributed by atoms with van der Waals surface area (Å²) in [5.74, 6) is 0.201. The third-order valence-electron chi connectivity index (χ3n) is 2.85. The van der Waals surface area contributed by atoms with E-state index in [0.717, 1.165) is 32.6 Å². The van der Waals surface area contributed by atoms with E-state index in [0.29, 0.717) is 6.04 Å². The van der Waals surface area contributed by atoms with Gasteiger partial charge in [-0.15, -0.1) is 0 Å². The van der Waals surface area contributed by atoms with Crippen molar-refractivity contribution in [2.75, 3.05) is 40.3 Å². The summed E-state index contributed by atoms with van der Waals surface area (Å²) in [5, 5.41) is 3.50. The van der Waals surface area contributed by atoms with Gasteiger partial charge in [0.1, 0.15) is 0 Å². The molecule has 0 aliphatic carbocycles. The van der Waals surface area contributed by atoms with Gasteiger partial charge in [-0.2, -0.15) is 0 Å². The molecule has 1 N–H and O–H groups in total. The number of hydrogen-bond donors (Lipinski definition) is 1. The van der Waals surface area contributed by atoms with E-state index >= 15 is 0 Å². The minimum absolute atomic E-state index is 0.201. The maximum Gasteiger partial charge on any atom is 0.219 e. The van der Waals surface area contributed by atoms with Crippen LogP contribution in [-0.2, 0) is 4.79 Å². The summed E-state index contributed by atoms with van der Waals surface area (Å²) in [4.78, 5) is 15.2. The van der Waals surface area contributed by atoms with Gasteiger partial charge in [-0.05, 0) is 40.0 Å². The quantitative estimate of drug-likeness (QED) is 0.660. The third-order valence-corrected chi connectivity index (χ3v) is 2.85. The lowest BCUT2D eigenvalue weighted by molar-refractivity contribution is -0.127. The number of hydrogen-bond acceptors (Lipinski definition) is 3. The van der Waals surface area contributed by atoms with E-state index in [2.05, 4.69) is 24.3 Å². The Morgan fingerprint density at radius 2 is 2.27 bits per heavy atom. The topological polar surface area (TPSA) is 35.6 Å². The highest BCUT2D eigenvalue weighted by molar-refractivity contribution is 5.73. The van der Waals surface area contributed by atoms with Crippen LogP contribution in [0, 0.1) is 0 Å². The number of nitrogens with zero attached hydrogens (tertiary/aromatic N) is 2. The van der Waals surface area contributed by atoms with Crippen molar-refractivity contribution < 1.29 is 4.79 Å². The Labute approximate surface area is 92.6 Å². The predicted molar refractivity (Wildman–Crippen MR) is 61.8 cm³/mol. The second-order valence-corrected chi connectivity index (χ2v) is 4.56. The van der Waals surface area contributed by atoms with Crippen LogP contribution in [0.2, 0.25) is 0 Å². The van der Waals surface area contributed by atoms with Crippen LogP contribution in [0.3, 0.4) is 0 Å². The van der Waals surface area contributed by atoms with Crippen LogP contribution in [0.4, 0.5) is 0 Å². The highest BCUT2D eigenvalue weighted by Gasteiger charge is 2.22. The maximum absolute atomic E-state index is 11.1. The molecule has 15 heavy (non-hydrogen) atoms. The second-order valence-electron chi connectivity index (χ2n) is 4.56. The first-order chi connectivity index (χ1) is 7.09. The molecule has 1 fully saturated rings. The van der Waals surface area contributed by atoms with Crippen LogP contribution >= 0.6 is 0 Å². The Bertz CT molecular complexity index is 206. The minimum atomic E-state index is 0.201. The Hall–Kier alpha value is -0.610. The van der Waals surface area contributed by atoms with Crippen LogP contribution in [0.25, 0.3) is 0 Å². The molecule has 1 rings (SSSR count). The summed E-state index contributed by atoms with van der Waals surface area (Å²) in [6, 6.07) is 0.510. The standard InChI is InChI=1S/C11H23N3O/c1-10(15)14-8-5-11(9-14)12-6-4-7-13(2)3/h11-12H,4-9H2,1-3H3/t11-/m0/s1. The lowest BCUT2D eigenvalue weighted by atomic mass is 10.2. The molecule has 4 heteroatoms. The maximum atomic E-state index is 11.1. The van der Waals surface area contributed by atoms with E-state index < -0.39 is 0 Å². The first-order valence-corrected chi connectivity index (χ1v) is 5.73. The zero-order valence-corrected chi connectivity index (χ0v) is 10.1. The first kappa shape index (κ1) is 12.5. The van der Waals surface area contributed by atoms with Crippen molar-refractivity contribution in [1.29, 1.82) is 0 Å². The molecule has 0 spiro atoms. The molecule has 1 saturated heterocycles. The van der Waals surface area contributed by atoms with Crippen molar-refractivity contribution in [3.63, 3.8) is 0 Å². The number of nitrogens with one attached hydrogen (secondary N) is 1. The van der Waals surface area contributed by atoms with Gasteiger partial charge in [0, 0.05) is 26.1 Å². The molecule has 1 amide bonds. The number of rotatable bonds is 5. The molecule has 1 heterocycles. The monoisotopic (exact) mass is 213 g/mol. The van der Waals surface area contributed by atoms with Crippen LogP contribution in [-0.4, -0.2) is 62.0 Å². The molecule has 0 aromatic rings. The molecular formula is C11H23N3O. The van der Waals surface area contributed by atoms with Gasteiger partial charge in [-0.1, -0.05) is 0 Å². The Kier molecular flexibility index (Phi) is 5.05. The Morgan fingerprint density at radius 1 is 1.53 bits per heavy atom. The van der Waals surface area contributed by atoms with Crippen LogP contribution < -0.4 is 5.32 Å². The van der Waals surface area contributed by atoms with Gasteiger partial charge < -0.3 is 15.1 Å². The average Bonchev–Trinajstić information content (AvgIpc) is 2.60. The summed E-state index contributed by atoms with van der Waals surface area (Å²) in [6.45, 7) is 5.62. The zero-order chi connectivity index (χ0) is 11.3. The van der Waals surface area contributed by atoms with E-state index in [9.17, 15) is 4.79 Å². The zero-order valence-electron chi connectivity index (χ0n) is 10.1. The molecule has 4 nitrogen and oxygen atoms in total. The average molecular weight is 213 g/mol. The van der Waals surface area contributed by atoms with E-state index in [4.69, 9.17) is 0 Å². The molecule has 0 radical (unpaired) electrons. The highest BCUT2D eigenvalue weighted by atomic mass is 16.2. The number of carbonyl (C=O) groups excluding carboxylic acids is 1. The molecule has 1 atom stereocenters. The van der Waals surface area contributed by atoms with Gasteiger partial charge in [0.15, 0.2) is 0 Å². The fourth-order valence-electron chi connectivity index (χ4n) is 1.91. The van der Waals surface area contributed by atoms with E-state index in [1.165, 1.54) is 6.42 Å². The minimum Gasteiger partial charge on any atom is -0.341 e. The summed E-state index contributed by atoms with van der Waals surface area (Å²) in [5.41, 5.74) is 0. The summed E-state index contributed by atoms with van der Waals surface area (Å²) in [6.07, 6.45) is 2.27. The molecule has 0 saturated carbocycles. The number of likely N-dealkylation sites (tertiary alicyclic amines) is 1. The van der Waals surface area contributed by atoms with Crippen molar-refractivity contribution in [3.8, 4) is 0 Å². The normalized spacial score (nSPS) is 21.3. The van der Waals surface area contributed by atoms with Crippen molar-refractivity contribution >= 4 is 5.91 Å². The second kappa shape index (κ2) is 6.08. The molecule has 0 unspecified atom stereocenters. The molecule has 1 aliphatic rings. The van der Waals surface area contributed by atoms with E-state index in [1.807, 2.05) is 4.90 Å². The van der Waals surface area contributed by atoms with Gasteiger partial charge in [-0.25, -0.2) is 0 Å². The van der Waals surface area contributed by atoms with Crippen molar-refractivity contribution in [2.24, 2.45) is 0 Å². The van der Waals surface area contributed by atoms with Crippen LogP contribution in [0.1, 0.15) is 19.8 Å². The number of carbonyl (C=O) groups is 1. The lowest BCUT2D eigenvalue weighted by Gasteiger charge is -2.15. The van der Waals surface area contributed by atoms with Crippen molar-refractivity contribution in [2.45, 2.75) is 25.8 Å². The predicted octanol–water partition coefficient (Wildman–Crippen LogP) is 0.149. The van der Waals surface area contributed by atoms with Gasteiger partial charge in [0.05, 0.1) is 0 Å². The largest absolute Gasteiger partial charge is 0.341 e. The smallest absolute Gasteiger partial charge is 0.219 e. The Morgan fingerprint density at radius 3 is 2.80 bits per heavy atom. The first-order valence-electron chi connectivity index (χ1n) is 5.73. The molecule has 1 aliphatic heterocycles. The summed E-state index contributed by atoms with van der Waals surface area (Å²) < 4.78 is 0. The van der Waals surface area contributed by atoms with Crippen LogP contribution in [0.15, 0.2) is 0 Å². The fraction of sp³-hybridized carbons (Fsp3) is 0.909. The van der Waals surface area contributed by atoms with Gasteiger partial charge in [-0.3, -0.25) is 4.79 Å². The molecular weight excluding hydrogens is 190 g/mol. The molecule has 0 aromatic carbocycles. The SMILES string of the molecule is CC(=O)N1CC[C@H](NCCCN(C)C)C1. The molecule has 0 bridgehead atoms. The number of amides is 1.